The Morgan fingerprint density at radius 2 is 1.96 bits per heavy atom. The van der Waals surface area contributed by atoms with Gasteiger partial charge in [0.25, 0.3) is 0 Å². The Labute approximate surface area is 155 Å². The van der Waals surface area contributed by atoms with Crippen LogP contribution in [0.25, 0.3) is 0 Å². The van der Waals surface area contributed by atoms with Crippen molar-refractivity contribution in [2.45, 2.75) is 30.9 Å². The predicted octanol–water partition coefficient (Wildman–Crippen LogP) is 3.39. The van der Waals surface area contributed by atoms with Gasteiger partial charge in [0.05, 0.1) is 31.7 Å². The van der Waals surface area contributed by atoms with Gasteiger partial charge in [0.1, 0.15) is 0 Å². The molecule has 0 aliphatic rings. The SMILES string of the molecule is C=S(N)(=O)c1ccc(N=Nc2cc(N[C@H](C)[C@@H](C)O)c(Br)cn2)cc1. The minimum Gasteiger partial charge on any atom is -0.391 e. The quantitative estimate of drug-likeness (QED) is 0.485. The van der Waals surface area contributed by atoms with Gasteiger partial charge in [-0.15, -0.1) is 10.2 Å². The van der Waals surface area contributed by atoms with Gasteiger partial charge in [0, 0.05) is 23.2 Å². The molecular weight excluding hydrogens is 406 g/mol. The summed E-state index contributed by atoms with van der Waals surface area (Å²) in [6.07, 6.45) is 1.11. The van der Waals surface area contributed by atoms with Crippen molar-refractivity contribution in [2.75, 3.05) is 5.32 Å². The Balaban J connectivity index is 2.18. The van der Waals surface area contributed by atoms with Crippen LogP contribution in [0.15, 0.2) is 56.1 Å². The van der Waals surface area contributed by atoms with Crippen LogP contribution in [0, 0.1) is 0 Å². The molecular formula is C16H20BrN5O2S. The molecule has 0 saturated heterocycles. The highest BCUT2D eigenvalue weighted by molar-refractivity contribution is 9.10. The molecule has 134 valence electrons. The number of aliphatic hydroxyl groups excluding tert-OH is 1. The van der Waals surface area contributed by atoms with E-state index < -0.39 is 15.8 Å². The molecule has 0 amide bonds. The zero-order valence-corrected chi connectivity index (χ0v) is 16.3. The van der Waals surface area contributed by atoms with Crippen molar-refractivity contribution < 1.29 is 9.32 Å². The van der Waals surface area contributed by atoms with Gasteiger partial charge >= 0.3 is 0 Å². The third-order valence-corrected chi connectivity index (χ3v) is 5.15. The highest BCUT2D eigenvalue weighted by atomic mass is 79.9. The molecule has 3 atom stereocenters. The maximum absolute atomic E-state index is 11.7. The Morgan fingerprint density at radius 1 is 1.32 bits per heavy atom. The number of azo groups is 1. The molecule has 0 aliphatic carbocycles. The summed E-state index contributed by atoms with van der Waals surface area (Å²) < 4.78 is 12.4. The summed E-state index contributed by atoms with van der Waals surface area (Å²) >= 11 is 3.41. The fourth-order valence-electron chi connectivity index (χ4n) is 1.81. The van der Waals surface area contributed by atoms with Gasteiger partial charge in [0.15, 0.2) is 5.82 Å². The van der Waals surface area contributed by atoms with Crippen LogP contribution in [0.3, 0.4) is 0 Å². The van der Waals surface area contributed by atoms with Gasteiger partial charge in [0.2, 0.25) is 0 Å². The molecule has 1 aromatic heterocycles. The molecule has 7 nitrogen and oxygen atoms in total. The van der Waals surface area contributed by atoms with E-state index in [1.807, 2.05) is 6.92 Å². The number of rotatable bonds is 6. The molecule has 25 heavy (non-hydrogen) atoms. The van der Waals surface area contributed by atoms with E-state index in [-0.39, 0.29) is 6.04 Å². The smallest absolute Gasteiger partial charge is 0.176 e. The highest BCUT2D eigenvalue weighted by Gasteiger charge is 2.11. The van der Waals surface area contributed by atoms with Crippen LogP contribution in [-0.2, 0) is 9.71 Å². The first-order valence-corrected chi connectivity index (χ1v) is 10.0. The number of nitrogens with one attached hydrogen (secondary N) is 1. The largest absolute Gasteiger partial charge is 0.391 e. The second-order valence-corrected chi connectivity index (χ2v) is 8.39. The molecule has 9 heteroatoms. The van der Waals surface area contributed by atoms with E-state index in [1.165, 1.54) is 0 Å². The summed E-state index contributed by atoms with van der Waals surface area (Å²) in [5.41, 5.74) is 1.33. The third-order valence-electron chi connectivity index (χ3n) is 3.45. The first kappa shape index (κ1) is 19.5. The Kier molecular flexibility index (Phi) is 6.28. The van der Waals surface area contributed by atoms with Crippen LogP contribution in [0.1, 0.15) is 13.8 Å². The zero-order valence-electron chi connectivity index (χ0n) is 13.9. The lowest BCUT2D eigenvalue weighted by atomic mass is 10.2. The van der Waals surface area contributed by atoms with Crippen LogP contribution in [-0.4, -0.2) is 32.3 Å². The van der Waals surface area contributed by atoms with E-state index in [1.54, 1.807) is 43.5 Å². The monoisotopic (exact) mass is 425 g/mol. The van der Waals surface area contributed by atoms with Gasteiger partial charge in [-0.2, -0.15) is 0 Å². The molecule has 2 rings (SSSR count). The molecule has 0 spiro atoms. The predicted molar refractivity (Wildman–Crippen MR) is 105 cm³/mol. The maximum Gasteiger partial charge on any atom is 0.176 e. The highest BCUT2D eigenvalue weighted by Crippen LogP contribution is 2.27. The second-order valence-electron chi connectivity index (χ2n) is 5.62. The summed E-state index contributed by atoms with van der Waals surface area (Å²) in [6, 6.07) is 8.12. The fraction of sp³-hybridized carbons (Fsp3) is 0.250. The lowest BCUT2D eigenvalue weighted by Gasteiger charge is -2.18. The third kappa shape index (κ3) is 5.60. The molecule has 0 radical (unpaired) electrons. The van der Waals surface area contributed by atoms with Crippen LogP contribution in [0.4, 0.5) is 17.2 Å². The number of nitrogens with two attached hydrogens (primary N) is 1. The first-order chi connectivity index (χ1) is 11.7. The number of hydrogen-bond donors (Lipinski definition) is 3. The number of benzene rings is 1. The molecule has 1 aromatic carbocycles. The van der Waals surface area contributed by atoms with Crippen LogP contribution in [0.5, 0.6) is 0 Å². The standard InChI is InChI=1S/C16H20BrN5O2S/c1-10(11(2)23)20-15-8-16(19-9-14(15)17)22-21-12-4-6-13(7-5-12)25(3,18)24/h4-11,23H,3H2,1-2H3,(H2,18,24)(H,19,20)/t10-,11-,25?/m1/s1. The lowest BCUT2D eigenvalue weighted by Crippen LogP contribution is -2.27. The maximum atomic E-state index is 11.7. The van der Waals surface area contributed by atoms with Crippen molar-refractivity contribution in [3.8, 4) is 0 Å². The van der Waals surface area contributed by atoms with Crippen LogP contribution in [0.2, 0.25) is 0 Å². The summed E-state index contributed by atoms with van der Waals surface area (Å²) in [5, 5.41) is 26.5. The van der Waals surface area contributed by atoms with E-state index in [2.05, 4.69) is 42.3 Å². The first-order valence-electron chi connectivity index (χ1n) is 7.44. The summed E-state index contributed by atoms with van der Waals surface area (Å²) in [5.74, 6) is 3.84. The Hall–Kier alpha value is -1.81. The summed E-state index contributed by atoms with van der Waals surface area (Å²) in [4.78, 5) is 4.63. The number of anilines is 1. The van der Waals surface area contributed by atoms with E-state index in [9.17, 15) is 9.32 Å². The van der Waals surface area contributed by atoms with Crippen LogP contribution >= 0.6 is 15.9 Å². The summed E-state index contributed by atoms with van der Waals surface area (Å²) in [6.45, 7) is 3.58. The number of aromatic nitrogens is 1. The van der Waals surface area contributed by atoms with Crippen molar-refractivity contribution in [3.63, 3.8) is 0 Å². The Bertz CT molecular complexity index is 867. The number of nitrogens with zero attached hydrogens (tertiary/aromatic N) is 3. The van der Waals surface area contributed by atoms with Crippen molar-refractivity contribution in [1.82, 2.24) is 4.98 Å². The molecule has 1 heterocycles. The normalized spacial score (nSPS) is 16.4. The minimum absolute atomic E-state index is 0.134. The number of halogens is 1. The zero-order chi connectivity index (χ0) is 18.6. The Morgan fingerprint density at radius 3 is 2.52 bits per heavy atom. The van der Waals surface area contributed by atoms with Crippen molar-refractivity contribution >= 4 is 48.7 Å². The summed E-state index contributed by atoms with van der Waals surface area (Å²) in [7, 11) is -2.73. The topological polar surface area (TPSA) is 113 Å². The van der Waals surface area contributed by atoms with E-state index >= 15 is 0 Å². The molecule has 0 aliphatic heterocycles. The molecule has 0 bridgehead atoms. The van der Waals surface area contributed by atoms with Crippen molar-refractivity contribution in [1.29, 1.82) is 0 Å². The molecule has 0 saturated carbocycles. The molecule has 1 unspecified atom stereocenters. The average molecular weight is 426 g/mol. The van der Waals surface area contributed by atoms with Gasteiger partial charge < -0.3 is 10.4 Å². The number of aliphatic hydroxyl groups is 1. The average Bonchev–Trinajstić information content (AvgIpc) is 2.55. The molecule has 0 fully saturated rings. The van der Waals surface area contributed by atoms with Gasteiger partial charge in [-0.3, -0.25) is 5.14 Å². The van der Waals surface area contributed by atoms with Crippen LogP contribution < -0.4 is 10.5 Å². The van der Waals surface area contributed by atoms with Gasteiger partial charge in [-0.25, -0.2) is 9.19 Å². The minimum atomic E-state index is -2.73. The fourth-order valence-corrected chi connectivity index (χ4v) is 2.74. The molecule has 2 aromatic rings. The molecule has 4 N–H and O–H groups in total. The number of pyridine rings is 1. The lowest BCUT2D eigenvalue weighted by molar-refractivity contribution is 0.178. The van der Waals surface area contributed by atoms with E-state index in [0.717, 1.165) is 10.2 Å². The number of hydrogen-bond acceptors (Lipinski definition) is 6. The van der Waals surface area contributed by atoms with Crippen molar-refractivity contribution in [2.24, 2.45) is 15.4 Å². The van der Waals surface area contributed by atoms with Crippen molar-refractivity contribution in [3.05, 3.63) is 41.0 Å². The van der Waals surface area contributed by atoms with E-state index in [4.69, 9.17) is 5.14 Å². The van der Waals surface area contributed by atoms with Gasteiger partial charge in [-0.05, 0) is 59.9 Å². The second kappa shape index (κ2) is 8.05. The van der Waals surface area contributed by atoms with E-state index in [0.29, 0.717) is 16.4 Å². The van der Waals surface area contributed by atoms with Gasteiger partial charge in [-0.1, -0.05) is 0 Å².